The van der Waals surface area contributed by atoms with E-state index in [1.165, 1.54) is 25.7 Å². The van der Waals surface area contributed by atoms with E-state index in [0.717, 1.165) is 17.9 Å². The van der Waals surface area contributed by atoms with Crippen LogP contribution < -0.4 is 5.32 Å². The third kappa shape index (κ3) is 4.75. The lowest BCUT2D eigenvalue weighted by molar-refractivity contribution is 0.527. The third-order valence-electron chi connectivity index (χ3n) is 2.83. The van der Waals surface area contributed by atoms with Crippen molar-refractivity contribution in [3.8, 4) is 0 Å². The van der Waals surface area contributed by atoms with Crippen LogP contribution in [0.5, 0.6) is 0 Å². The molecule has 1 aromatic heterocycles. The van der Waals surface area contributed by atoms with Crippen LogP contribution in [0, 0.1) is 6.92 Å². The van der Waals surface area contributed by atoms with Crippen LogP contribution in [-0.4, -0.2) is 11.5 Å². The lowest BCUT2D eigenvalue weighted by atomic mass is 10.1. The Labute approximate surface area is 99.5 Å². The van der Waals surface area contributed by atoms with Crippen LogP contribution in [0.2, 0.25) is 0 Å². The van der Waals surface area contributed by atoms with Gasteiger partial charge in [-0.15, -0.1) is 0 Å². The maximum absolute atomic E-state index is 4.53. The summed E-state index contributed by atoms with van der Waals surface area (Å²) in [6.45, 7) is 7.56. The molecule has 1 atom stereocenters. The topological polar surface area (TPSA) is 24.9 Å². The highest BCUT2D eigenvalue weighted by atomic mass is 14.9. The summed E-state index contributed by atoms with van der Waals surface area (Å²) in [7, 11) is 0. The Morgan fingerprint density at radius 2 is 2.06 bits per heavy atom. The molecule has 1 N–H and O–H groups in total. The van der Waals surface area contributed by atoms with Crippen molar-refractivity contribution in [2.24, 2.45) is 0 Å². The van der Waals surface area contributed by atoms with Crippen molar-refractivity contribution in [3.63, 3.8) is 0 Å². The molecule has 0 aromatic carbocycles. The summed E-state index contributed by atoms with van der Waals surface area (Å²) >= 11 is 0. The zero-order valence-corrected chi connectivity index (χ0v) is 10.8. The normalized spacial score (nSPS) is 12.7. The zero-order chi connectivity index (χ0) is 11.8. The number of unbranched alkanes of at least 4 members (excludes halogenated alkanes) is 3. The second-order valence-electron chi connectivity index (χ2n) is 4.44. The molecule has 1 aromatic rings. The summed E-state index contributed by atoms with van der Waals surface area (Å²) in [4.78, 5) is 4.53. The van der Waals surface area contributed by atoms with E-state index in [-0.39, 0.29) is 0 Å². The molecule has 1 unspecified atom stereocenters. The fourth-order valence-electron chi connectivity index (χ4n) is 1.78. The van der Waals surface area contributed by atoms with Gasteiger partial charge in [-0.3, -0.25) is 4.98 Å². The molecule has 0 aliphatic heterocycles. The minimum Gasteiger partial charge on any atom is -0.309 e. The Kier molecular flexibility index (Phi) is 6.09. The van der Waals surface area contributed by atoms with Gasteiger partial charge in [-0.05, 0) is 38.9 Å². The molecule has 2 nitrogen and oxygen atoms in total. The van der Waals surface area contributed by atoms with Crippen molar-refractivity contribution in [2.45, 2.75) is 52.5 Å². The lowest BCUT2D eigenvalue weighted by Crippen LogP contribution is -2.20. The van der Waals surface area contributed by atoms with E-state index in [1.807, 2.05) is 13.0 Å². The standard InChI is InChI=1S/C14H24N2/c1-4-5-6-7-11-15-13(3)14-10-8-9-12(2)16-14/h8-10,13,15H,4-7,11H2,1-3H3. The van der Waals surface area contributed by atoms with Crippen molar-refractivity contribution in [1.29, 1.82) is 0 Å². The first kappa shape index (κ1) is 13.2. The van der Waals surface area contributed by atoms with E-state index in [1.54, 1.807) is 0 Å². The van der Waals surface area contributed by atoms with Gasteiger partial charge in [0, 0.05) is 11.7 Å². The van der Waals surface area contributed by atoms with Crippen LogP contribution in [0.3, 0.4) is 0 Å². The van der Waals surface area contributed by atoms with Crippen LogP contribution in [0.1, 0.15) is 57.0 Å². The zero-order valence-electron chi connectivity index (χ0n) is 10.8. The number of rotatable bonds is 7. The molecule has 0 amide bonds. The minimum absolute atomic E-state index is 0.363. The number of hydrogen-bond acceptors (Lipinski definition) is 2. The molecule has 0 saturated heterocycles. The van der Waals surface area contributed by atoms with E-state index >= 15 is 0 Å². The van der Waals surface area contributed by atoms with Crippen LogP contribution >= 0.6 is 0 Å². The van der Waals surface area contributed by atoms with Crippen LogP contribution in [0.25, 0.3) is 0 Å². The van der Waals surface area contributed by atoms with Crippen molar-refractivity contribution in [3.05, 3.63) is 29.6 Å². The maximum atomic E-state index is 4.53. The molecule has 0 aliphatic carbocycles. The van der Waals surface area contributed by atoms with Crippen LogP contribution in [0.4, 0.5) is 0 Å². The molecule has 2 heteroatoms. The number of hydrogen-bond donors (Lipinski definition) is 1. The average molecular weight is 220 g/mol. The predicted molar refractivity (Wildman–Crippen MR) is 69.5 cm³/mol. The molecule has 0 fully saturated rings. The smallest absolute Gasteiger partial charge is 0.0573 e. The summed E-state index contributed by atoms with van der Waals surface area (Å²) in [6, 6.07) is 6.57. The number of aryl methyl sites for hydroxylation is 1. The molecule has 0 saturated carbocycles. The first-order valence-corrected chi connectivity index (χ1v) is 6.41. The van der Waals surface area contributed by atoms with Gasteiger partial charge >= 0.3 is 0 Å². The second kappa shape index (κ2) is 7.39. The van der Waals surface area contributed by atoms with E-state index in [0.29, 0.717) is 6.04 Å². The van der Waals surface area contributed by atoms with E-state index < -0.39 is 0 Å². The minimum atomic E-state index is 0.363. The third-order valence-corrected chi connectivity index (χ3v) is 2.83. The van der Waals surface area contributed by atoms with Crippen molar-refractivity contribution in [1.82, 2.24) is 10.3 Å². The largest absolute Gasteiger partial charge is 0.309 e. The van der Waals surface area contributed by atoms with Crippen LogP contribution in [0.15, 0.2) is 18.2 Å². The summed E-state index contributed by atoms with van der Waals surface area (Å²) in [5.74, 6) is 0. The highest BCUT2D eigenvalue weighted by Gasteiger charge is 2.05. The van der Waals surface area contributed by atoms with Crippen molar-refractivity contribution in [2.75, 3.05) is 6.54 Å². The number of pyridine rings is 1. The molecule has 0 radical (unpaired) electrons. The van der Waals surface area contributed by atoms with Gasteiger partial charge in [-0.1, -0.05) is 32.3 Å². The quantitative estimate of drug-likeness (QED) is 0.710. The molecule has 16 heavy (non-hydrogen) atoms. The molecule has 0 spiro atoms. The molecule has 0 aliphatic rings. The first-order valence-electron chi connectivity index (χ1n) is 6.41. The lowest BCUT2D eigenvalue weighted by Gasteiger charge is -2.13. The van der Waals surface area contributed by atoms with Gasteiger partial charge < -0.3 is 5.32 Å². The second-order valence-corrected chi connectivity index (χ2v) is 4.44. The summed E-state index contributed by atoms with van der Waals surface area (Å²) < 4.78 is 0. The summed E-state index contributed by atoms with van der Waals surface area (Å²) in [6.07, 6.45) is 5.25. The SMILES string of the molecule is CCCCCCNC(C)c1cccc(C)n1. The van der Waals surface area contributed by atoms with Gasteiger partial charge in [0.2, 0.25) is 0 Å². The highest BCUT2D eigenvalue weighted by molar-refractivity contribution is 5.12. The summed E-state index contributed by atoms with van der Waals surface area (Å²) in [5.41, 5.74) is 2.24. The average Bonchev–Trinajstić information content (AvgIpc) is 2.28. The Bertz CT molecular complexity index is 297. The predicted octanol–water partition coefficient (Wildman–Crippen LogP) is 3.62. The number of nitrogens with zero attached hydrogens (tertiary/aromatic N) is 1. The summed E-state index contributed by atoms with van der Waals surface area (Å²) in [5, 5.41) is 3.52. The molecule has 1 rings (SSSR count). The fraction of sp³-hybridized carbons (Fsp3) is 0.643. The van der Waals surface area contributed by atoms with Gasteiger partial charge in [0.05, 0.1) is 5.69 Å². The van der Waals surface area contributed by atoms with Gasteiger partial charge in [0.1, 0.15) is 0 Å². The van der Waals surface area contributed by atoms with Gasteiger partial charge in [-0.2, -0.15) is 0 Å². The molecule has 1 heterocycles. The van der Waals surface area contributed by atoms with E-state index in [2.05, 4.69) is 36.3 Å². The Hall–Kier alpha value is -0.890. The number of nitrogens with one attached hydrogen (secondary N) is 1. The monoisotopic (exact) mass is 220 g/mol. The first-order chi connectivity index (χ1) is 7.74. The highest BCUT2D eigenvalue weighted by Crippen LogP contribution is 2.09. The fourth-order valence-corrected chi connectivity index (χ4v) is 1.78. The molecule has 0 bridgehead atoms. The molecular weight excluding hydrogens is 196 g/mol. The maximum Gasteiger partial charge on any atom is 0.0573 e. The van der Waals surface area contributed by atoms with E-state index in [4.69, 9.17) is 0 Å². The van der Waals surface area contributed by atoms with Gasteiger partial charge in [0.15, 0.2) is 0 Å². The Morgan fingerprint density at radius 3 is 2.75 bits per heavy atom. The van der Waals surface area contributed by atoms with Crippen molar-refractivity contribution >= 4 is 0 Å². The van der Waals surface area contributed by atoms with Gasteiger partial charge in [0.25, 0.3) is 0 Å². The van der Waals surface area contributed by atoms with Crippen molar-refractivity contribution < 1.29 is 0 Å². The molecule has 90 valence electrons. The number of aromatic nitrogens is 1. The van der Waals surface area contributed by atoms with Gasteiger partial charge in [-0.25, -0.2) is 0 Å². The Balaban J connectivity index is 2.27. The van der Waals surface area contributed by atoms with E-state index in [9.17, 15) is 0 Å². The Morgan fingerprint density at radius 1 is 1.25 bits per heavy atom. The molecular formula is C14H24N2. The van der Waals surface area contributed by atoms with Crippen LogP contribution in [-0.2, 0) is 0 Å².